The van der Waals surface area contributed by atoms with Crippen LogP contribution in [0, 0.1) is 17.8 Å². The van der Waals surface area contributed by atoms with Crippen molar-refractivity contribution < 1.29 is 5.11 Å². The average molecular weight is 291 g/mol. The summed E-state index contributed by atoms with van der Waals surface area (Å²) in [6.07, 6.45) is 0. The highest BCUT2D eigenvalue weighted by Crippen LogP contribution is 2.35. The van der Waals surface area contributed by atoms with E-state index in [0.717, 1.165) is 5.56 Å². The molecule has 1 N–H and O–H groups in total. The van der Waals surface area contributed by atoms with Crippen molar-refractivity contribution in [3.63, 3.8) is 0 Å². The molecule has 110 valence electrons. The van der Waals surface area contributed by atoms with Gasteiger partial charge < -0.3 is 5.11 Å². The Hall–Kier alpha value is -2.73. The van der Waals surface area contributed by atoms with Gasteiger partial charge in [0.05, 0.1) is 0 Å². The van der Waals surface area contributed by atoms with Gasteiger partial charge in [0.1, 0.15) is 0 Å². The molecule has 0 amide bonds. The molecule has 0 radical (unpaired) electrons. The second-order valence-corrected chi connectivity index (χ2v) is 5.24. The largest absolute Gasteiger partial charge is 0.373 e. The molecule has 0 saturated heterocycles. The van der Waals surface area contributed by atoms with Crippen LogP contribution in [0.1, 0.15) is 25.0 Å². The summed E-state index contributed by atoms with van der Waals surface area (Å²) in [6, 6.07) is 16.4. The van der Waals surface area contributed by atoms with Crippen LogP contribution >= 0.6 is 0 Å². The zero-order valence-corrected chi connectivity index (χ0v) is 12.6. The third-order valence-electron chi connectivity index (χ3n) is 3.47. The van der Waals surface area contributed by atoms with Crippen LogP contribution in [-0.4, -0.2) is 5.11 Å². The van der Waals surface area contributed by atoms with Crippen molar-refractivity contribution in [2.75, 3.05) is 0 Å². The molecular formula is C18H17N3O. The summed E-state index contributed by atoms with van der Waals surface area (Å²) in [5.41, 5.74) is 9.04. The van der Waals surface area contributed by atoms with Gasteiger partial charge in [0, 0.05) is 21.7 Å². The Balaban J connectivity index is 2.55. The molecule has 0 aliphatic rings. The average Bonchev–Trinajstić information content (AvgIpc) is 2.54. The summed E-state index contributed by atoms with van der Waals surface area (Å²) in [6.45, 7) is 3.76. The molecule has 0 heterocycles. The summed E-state index contributed by atoms with van der Waals surface area (Å²) >= 11 is 0. The molecule has 0 spiro atoms. The number of rotatable bonds is 3. The molecule has 0 aliphatic heterocycles. The first-order valence-corrected chi connectivity index (χ1v) is 7.03. The third kappa shape index (κ3) is 3.29. The number of benzene rings is 2. The van der Waals surface area contributed by atoms with Crippen LogP contribution in [0.4, 0.5) is 5.69 Å². The molecule has 22 heavy (non-hydrogen) atoms. The van der Waals surface area contributed by atoms with Crippen molar-refractivity contribution in [2.45, 2.75) is 19.4 Å². The zero-order chi connectivity index (χ0) is 16.0. The van der Waals surface area contributed by atoms with Gasteiger partial charge in [0.25, 0.3) is 0 Å². The summed E-state index contributed by atoms with van der Waals surface area (Å²) in [5, 5.41) is 14.7. The van der Waals surface area contributed by atoms with E-state index in [2.05, 4.69) is 21.9 Å². The van der Waals surface area contributed by atoms with Gasteiger partial charge in [-0.2, -0.15) is 0 Å². The van der Waals surface area contributed by atoms with Gasteiger partial charge in [-0.05, 0) is 23.6 Å². The molecule has 0 aliphatic carbocycles. The number of aliphatic hydroxyl groups is 1. The van der Waals surface area contributed by atoms with E-state index in [-0.39, 0.29) is 5.92 Å². The van der Waals surface area contributed by atoms with Crippen LogP contribution in [0.5, 0.6) is 0 Å². The molecular weight excluding hydrogens is 274 g/mol. The van der Waals surface area contributed by atoms with Gasteiger partial charge in [-0.15, -0.1) is 0 Å². The highest BCUT2D eigenvalue weighted by molar-refractivity contribution is 5.53. The van der Waals surface area contributed by atoms with E-state index in [1.165, 1.54) is 0 Å². The Morgan fingerprint density at radius 3 is 2.36 bits per heavy atom. The Bertz CT molecular complexity index is 753. The number of hydrogen-bond acceptors (Lipinski definition) is 2. The zero-order valence-electron chi connectivity index (χ0n) is 12.6. The summed E-state index contributed by atoms with van der Waals surface area (Å²) in [4.78, 5) is 2.82. The van der Waals surface area contributed by atoms with Crippen molar-refractivity contribution in [3.05, 3.63) is 76.2 Å². The van der Waals surface area contributed by atoms with Gasteiger partial charge in [0.15, 0.2) is 5.60 Å². The smallest absolute Gasteiger partial charge is 0.154 e. The quantitative estimate of drug-likeness (QED) is 0.384. The lowest BCUT2D eigenvalue weighted by molar-refractivity contribution is 0.0509. The standard InChI is InChI=1S/C18H17N3O/c1-14(2)18(22,13-12-15-8-4-3-5-9-15)16-10-6-7-11-17(16)20-21-19/h3-11,14,22H,1-2H3. The molecule has 4 nitrogen and oxygen atoms in total. The van der Waals surface area contributed by atoms with E-state index in [4.69, 9.17) is 5.53 Å². The van der Waals surface area contributed by atoms with E-state index in [0.29, 0.717) is 11.3 Å². The van der Waals surface area contributed by atoms with E-state index in [9.17, 15) is 5.11 Å². The Morgan fingerprint density at radius 1 is 1.09 bits per heavy atom. The highest BCUT2D eigenvalue weighted by atomic mass is 16.3. The van der Waals surface area contributed by atoms with Crippen molar-refractivity contribution in [1.82, 2.24) is 0 Å². The summed E-state index contributed by atoms with van der Waals surface area (Å²) in [7, 11) is 0. The Kier molecular flexibility index (Phi) is 4.85. The van der Waals surface area contributed by atoms with Crippen molar-refractivity contribution in [1.29, 1.82) is 0 Å². The van der Waals surface area contributed by atoms with E-state index >= 15 is 0 Å². The van der Waals surface area contributed by atoms with Crippen molar-refractivity contribution in [2.24, 2.45) is 11.0 Å². The van der Waals surface area contributed by atoms with Crippen LogP contribution in [0.2, 0.25) is 0 Å². The highest BCUT2D eigenvalue weighted by Gasteiger charge is 2.33. The van der Waals surface area contributed by atoms with Crippen molar-refractivity contribution >= 4 is 5.69 Å². The molecule has 1 unspecified atom stereocenters. The SMILES string of the molecule is CC(C)C(O)(C#Cc1ccccc1)c1ccccc1N=[N+]=[N-]. The maximum Gasteiger partial charge on any atom is 0.154 e. The lowest BCUT2D eigenvalue weighted by Crippen LogP contribution is -2.30. The second kappa shape index (κ2) is 6.82. The first kappa shape index (κ1) is 15.7. The topological polar surface area (TPSA) is 69.0 Å². The molecule has 0 saturated carbocycles. The van der Waals surface area contributed by atoms with Crippen LogP contribution in [-0.2, 0) is 5.60 Å². The second-order valence-electron chi connectivity index (χ2n) is 5.24. The molecule has 1 atom stereocenters. The predicted octanol–water partition coefficient (Wildman–Crippen LogP) is 4.52. The number of nitrogens with zero attached hydrogens (tertiary/aromatic N) is 3. The lowest BCUT2D eigenvalue weighted by atomic mass is 9.83. The van der Waals surface area contributed by atoms with E-state index in [1.54, 1.807) is 24.3 Å². The first-order valence-electron chi connectivity index (χ1n) is 7.03. The maximum atomic E-state index is 11.1. The van der Waals surface area contributed by atoms with E-state index in [1.807, 2.05) is 44.2 Å². The summed E-state index contributed by atoms with van der Waals surface area (Å²) in [5.74, 6) is 5.78. The molecule has 0 bridgehead atoms. The molecule has 2 aromatic carbocycles. The maximum absolute atomic E-state index is 11.1. The lowest BCUT2D eigenvalue weighted by Gasteiger charge is -2.28. The normalized spacial score (nSPS) is 12.7. The molecule has 2 aromatic rings. The molecule has 2 rings (SSSR count). The molecule has 4 heteroatoms. The minimum atomic E-state index is -1.39. The molecule has 0 aromatic heterocycles. The third-order valence-corrected chi connectivity index (χ3v) is 3.47. The van der Waals surface area contributed by atoms with Gasteiger partial charge in [-0.1, -0.05) is 73.3 Å². The van der Waals surface area contributed by atoms with Crippen LogP contribution < -0.4 is 0 Å². The van der Waals surface area contributed by atoms with Crippen LogP contribution in [0.25, 0.3) is 10.4 Å². The fourth-order valence-corrected chi connectivity index (χ4v) is 2.14. The van der Waals surface area contributed by atoms with Crippen molar-refractivity contribution in [3.8, 4) is 11.8 Å². The monoisotopic (exact) mass is 291 g/mol. The minimum Gasteiger partial charge on any atom is -0.373 e. The van der Waals surface area contributed by atoms with Gasteiger partial charge in [-0.25, -0.2) is 0 Å². The predicted molar refractivity (Wildman–Crippen MR) is 87.3 cm³/mol. The Morgan fingerprint density at radius 2 is 1.73 bits per heavy atom. The van der Waals surface area contributed by atoms with Crippen LogP contribution in [0.3, 0.4) is 0 Å². The van der Waals surface area contributed by atoms with E-state index < -0.39 is 5.60 Å². The summed E-state index contributed by atoms with van der Waals surface area (Å²) < 4.78 is 0. The Labute approximate surface area is 130 Å². The first-order chi connectivity index (χ1) is 10.6. The van der Waals surface area contributed by atoms with Crippen LogP contribution in [0.15, 0.2) is 59.7 Å². The van der Waals surface area contributed by atoms with Gasteiger partial charge in [-0.3, -0.25) is 0 Å². The van der Waals surface area contributed by atoms with Gasteiger partial charge in [0.2, 0.25) is 0 Å². The fraction of sp³-hybridized carbons (Fsp3) is 0.222. The van der Waals surface area contributed by atoms with Gasteiger partial charge >= 0.3 is 0 Å². The fourth-order valence-electron chi connectivity index (χ4n) is 2.14. The number of azide groups is 1. The minimum absolute atomic E-state index is 0.168. The number of hydrogen-bond donors (Lipinski definition) is 1. The molecule has 0 fully saturated rings.